The predicted molar refractivity (Wildman–Crippen MR) is 94.8 cm³/mol. The SMILES string of the molecule is CC(C)(C)c1ncc(CNCC(c2ccco2)N2CCCC2)s1. The molecule has 1 aliphatic rings. The van der Waals surface area contributed by atoms with Gasteiger partial charge in [-0.1, -0.05) is 20.8 Å². The third-order valence-electron chi connectivity index (χ3n) is 4.29. The minimum absolute atomic E-state index is 0.134. The molecule has 0 spiro atoms. The monoisotopic (exact) mass is 333 g/mol. The number of aromatic nitrogens is 1. The highest BCUT2D eigenvalue weighted by atomic mass is 32.1. The van der Waals surface area contributed by atoms with Crippen LogP contribution in [0.5, 0.6) is 0 Å². The molecule has 0 radical (unpaired) electrons. The lowest BCUT2D eigenvalue weighted by atomic mass is 9.98. The highest BCUT2D eigenvalue weighted by Gasteiger charge is 2.25. The molecule has 4 nitrogen and oxygen atoms in total. The van der Waals surface area contributed by atoms with Gasteiger partial charge < -0.3 is 9.73 Å². The first-order chi connectivity index (χ1) is 11.0. The molecule has 1 N–H and O–H groups in total. The van der Waals surface area contributed by atoms with E-state index in [9.17, 15) is 0 Å². The first kappa shape index (κ1) is 16.7. The van der Waals surface area contributed by atoms with Crippen LogP contribution in [0.15, 0.2) is 29.0 Å². The molecule has 0 bridgehead atoms. The predicted octanol–water partition coefficient (Wildman–Crippen LogP) is 3.96. The Hall–Kier alpha value is -1.17. The molecule has 1 unspecified atom stereocenters. The summed E-state index contributed by atoms with van der Waals surface area (Å²) in [5.41, 5.74) is 0.134. The van der Waals surface area contributed by atoms with Crippen molar-refractivity contribution in [3.8, 4) is 0 Å². The summed E-state index contributed by atoms with van der Waals surface area (Å²) in [6, 6.07) is 4.41. The number of hydrogen-bond donors (Lipinski definition) is 1. The van der Waals surface area contributed by atoms with Crippen LogP contribution >= 0.6 is 11.3 Å². The number of hydrogen-bond acceptors (Lipinski definition) is 5. The number of thiazole rings is 1. The zero-order valence-electron chi connectivity index (χ0n) is 14.3. The highest BCUT2D eigenvalue weighted by molar-refractivity contribution is 7.11. The van der Waals surface area contributed by atoms with Crippen molar-refractivity contribution >= 4 is 11.3 Å². The Morgan fingerprint density at radius 1 is 1.35 bits per heavy atom. The summed E-state index contributed by atoms with van der Waals surface area (Å²) in [5, 5.41) is 4.81. The molecular formula is C18H27N3OS. The number of nitrogens with one attached hydrogen (secondary N) is 1. The zero-order valence-corrected chi connectivity index (χ0v) is 15.2. The third-order valence-corrected chi connectivity index (χ3v) is 5.71. The Bertz CT molecular complexity index is 594. The van der Waals surface area contributed by atoms with Gasteiger partial charge in [0.25, 0.3) is 0 Å². The van der Waals surface area contributed by atoms with Gasteiger partial charge >= 0.3 is 0 Å². The molecule has 3 rings (SSSR count). The first-order valence-electron chi connectivity index (χ1n) is 8.47. The number of rotatable bonds is 6. The molecule has 0 aliphatic carbocycles. The molecule has 0 amide bonds. The normalized spacial score (nSPS) is 17.7. The van der Waals surface area contributed by atoms with Crippen molar-refractivity contribution in [1.29, 1.82) is 0 Å². The van der Waals surface area contributed by atoms with Gasteiger partial charge in [-0.05, 0) is 38.1 Å². The molecule has 5 heteroatoms. The average Bonchev–Trinajstić information content (AvgIpc) is 3.23. The third kappa shape index (κ3) is 4.22. The van der Waals surface area contributed by atoms with Crippen molar-refractivity contribution in [3.63, 3.8) is 0 Å². The fraction of sp³-hybridized carbons (Fsp3) is 0.611. The van der Waals surface area contributed by atoms with Crippen molar-refractivity contribution in [1.82, 2.24) is 15.2 Å². The van der Waals surface area contributed by atoms with Crippen molar-refractivity contribution < 1.29 is 4.42 Å². The van der Waals surface area contributed by atoms with Crippen LogP contribution in [0.25, 0.3) is 0 Å². The van der Waals surface area contributed by atoms with Crippen LogP contribution in [-0.2, 0) is 12.0 Å². The molecule has 126 valence electrons. The molecule has 23 heavy (non-hydrogen) atoms. The molecule has 0 aromatic carbocycles. The van der Waals surface area contributed by atoms with Crippen LogP contribution in [0, 0.1) is 0 Å². The van der Waals surface area contributed by atoms with Crippen LogP contribution in [0.1, 0.15) is 55.3 Å². The minimum atomic E-state index is 0.134. The van der Waals surface area contributed by atoms with Crippen LogP contribution in [0.4, 0.5) is 0 Å². The second-order valence-electron chi connectivity index (χ2n) is 7.29. The Morgan fingerprint density at radius 2 is 2.13 bits per heavy atom. The molecule has 1 aliphatic heterocycles. The van der Waals surface area contributed by atoms with Gasteiger partial charge in [-0.25, -0.2) is 4.98 Å². The van der Waals surface area contributed by atoms with Gasteiger partial charge in [-0.2, -0.15) is 0 Å². The fourth-order valence-electron chi connectivity index (χ4n) is 3.01. The van der Waals surface area contributed by atoms with E-state index < -0.39 is 0 Å². The van der Waals surface area contributed by atoms with Gasteiger partial charge in [0.2, 0.25) is 0 Å². The van der Waals surface area contributed by atoms with E-state index in [1.165, 1.54) is 35.8 Å². The van der Waals surface area contributed by atoms with E-state index >= 15 is 0 Å². The second kappa shape index (κ2) is 7.16. The Balaban J connectivity index is 1.58. The van der Waals surface area contributed by atoms with E-state index in [1.807, 2.05) is 23.6 Å². The molecule has 1 saturated heterocycles. The molecule has 0 saturated carbocycles. The van der Waals surface area contributed by atoms with Gasteiger partial charge in [-0.15, -0.1) is 11.3 Å². The summed E-state index contributed by atoms with van der Waals surface area (Å²) in [6.45, 7) is 10.8. The zero-order chi connectivity index (χ0) is 16.3. The van der Waals surface area contributed by atoms with E-state index in [-0.39, 0.29) is 5.41 Å². The quantitative estimate of drug-likeness (QED) is 0.869. The highest BCUT2D eigenvalue weighted by Crippen LogP contribution is 2.27. The fourth-order valence-corrected chi connectivity index (χ4v) is 3.95. The van der Waals surface area contributed by atoms with Gasteiger partial charge in [0.15, 0.2) is 0 Å². The Labute approximate surface area is 142 Å². The lowest BCUT2D eigenvalue weighted by molar-refractivity contribution is 0.209. The van der Waals surface area contributed by atoms with E-state index in [2.05, 4.69) is 42.0 Å². The molecule has 3 heterocycles. The van der Waals surface area contributed by atoms with E-state index in [0.717, 1.165) is 18.8 Å². The molecule has 1 fully saturated rings. The summed E-state index contributed by atoms with van der Waals surface area (Å²) in [5.74, 6) is 1.07. The molecule has 1 atom stereocenters. The van der Waals surface area contributed by atoms with Crippen molar-refractivity contribution in [2.24, 2.45) is 0 Å². The topological polar surface area (TPSA) is 41.3 Å². The second-order valence-corrected chi connectivity index (χ2v) is 8.40. The maximum atomic E-state index is 5.67. The Kier molecular flexibility index (Phi) is 5.19. The van der Waals surface area contributed by atoms with Crippen LogP contribution < -0.4 is 5.32 Å². The van der Waals surface area contributed by atoms with Gasteiger partial charge in [0.05, 0.1) is 17.3 Å². The lowest BCUT2D eigenvalue weighted by Crippen LogP contribution is -2.33. The maximum Gasteiger partial charge on any atom is 0.122 e. The summed E-state index contributed by atoms with van der Waals surface area (Å²) < 4.78 is 5.67. The van der Waals surface area contributed by atoms with Crippen LogP contribution in [0.2, 0.25) is 0 Å². The van der Waals surface area contributed by atoms with Crippen LogP contribution in [-0.4, -0.2) is 29.5 Å². The van der Waals surface area contributed by atoms with Crippen molar-refractivity contribution in [3.05, 3.63) is 40.2 Å². The number of furan rings is 1. The summed E-state index contributed by atoms with van der Waals surface area (Å²) in [6.07, 6.45) is 6.37. The molecule has 2 aromatic rings. The van der Waals surface area contributed by atoms with Crippen molar-refractivity contribution in [2.75, 3.05) is 19.6 Å². The first-order valence-corrected chi connectivity index (χ1v) is 9.29. The maximum absolute atomic E-state index is 5.67. The smallest absolute Gasteiger partial charge is 0.122 e. The number of nitrogens with zero attached hydrogens (tertiary/aromatic N) is 2. The van der Waals surface area contributed by atoms with Crippen LogP contribution in [0.3, 0.4) is 0 Å². The standard InChI is InChI=1S/C18H27N3OS/c1-18(2,3)17-20-12-14(23-17)11-19-13-15(16-7-6-10-22-16)21-8-4-5-9-21/h6-7,10,12,15,19H,4-5,8-9,11,13H2,1-3H3. The van der Waals surface area contributed by atoms with Gasteiger partial charge in [-0.3, -0.25) is 4.90 Å². The van der Waals surface area contributed by atoms with Gasteiger partial charge in [0.1, 0.15) is 5.76 Å². The lowest BCUT2D eigenvalue weighted by Gasteiger charge is -2.26. The van der Waals surface area contributed by atoms with E-state index in [0.29, 0.717) is 6.04 Å². The minimum Gasteiger partial charge on any atom is -0.468 e. The summed E-state index contributed by atoms with van der Waals surface area (Å²) in [4.78, 5) is 8.39. The average molecular weight is 334 g/mol. The van der Waals surface area contributed by atoms with Gasteiger partial charge in [0, 0.05) is 29.6 Å². The Morgan fingerprint density at radius 3 is 2.74 bits per heavy atom. The number of likely N-dealkylation sites (tertiary alicyclic amines) is 1. The van der Waals surface area contributed by atoms with E-state index in [4.69, 9.17) is 4.42 Å². The summed E-state index contributed by atoms with van der Waals surface area (Å²) >= 11 is 1.81. The largest absolute Gasteiger partial charge is 0.468 e. The summed E-state index contributed by atoms with van der Waals surface area (Å²) in [7, 11) is 0. The molecular weight excluding hydrogens is 306 g/mol. The van der Waals surface area contributed by atoms with Crippen molar-refractivity contribution in [2.45, 2.75) is 51.6 Å². The van der Waals surface area contributed by atoms with E-state index in [1.54, 1.807) is 6.26 Å². The molecule has 2 aromatic heterocycles.